The van der Waals surface area contributed by atoms with Gasteiger partial charge in [0.25, 0.3) is 0 Å². The number of ether oxygens (including phenoxy) is 2. The molecule has 1 heterocycles. The van der Waals surface area contributed by atoms with Crippen LogP contribution in [0.2, 0.25) is 0 Å². The summed E-state index contributed by atoms with van der Waals surface area (Å²) in [6, 6.07) is 4.88. The van der Waals surface area contributed by atoms with E-state index in [1.807, 2.05) is 0 Å². The van der Waals surface area contributed by atoms with Gasteiger partial charge in [-0.2, -0.15) is 13.2 Å². The van der Waals surface area contributed by atoms with Gasteiger partial charge < -0.3 is 30.2 Å². The van der Waals surface area contributed by atoms with Gasteiger partial charge in [0.05, 0.1) is 14.2 Å². The van der Waals surface area contributed by atoms with Gasteiger partial charge >= 0.3 is 6.18 Å². The van der Waals surface area contributed by atoms with Crippen LogP contribution in [-0.2, 0) is 12.6 Å². The van der Waals surface area contributed by atoms with Gasteiger partial charge in [-0.25, -0.2) is 4.98 Å². The minimum absolute atomic E-state index is 0.114. The zero-order chi connectivity index (χ0) is 20.9. The maximum absolute atomic E-state index is 13.4. The lowest BCUT2D eigenvalue weighted by Gasteiger charge is -2.29. The Morgan fingerprint density at radius 3 is 2.50 bits per heavy atom. The first kappa shape index (κ1) is 21.4. The molecule has 28 heavy (non-hydrogen) atoms. The number of methoxy groups -OCH3 is 2. The highest BCUT2D eigenvalue weighted by atomic mass is 19.4. The Hall–Kier alpha value is -2.95. The molecule has 8 nitrogen and oxygen atoms in total. The van der Waals surface area contributed by atoms with E-state index in [-0.39, 0.29) is 12.5 Å². The number of nitrogens with zero attached hydrogens (tertiary/aromatic N) is 3. The van der Waals surface area contributed by atoms with E-state index in [9.17, 15) is 18.3 Å². The van der Waals surface area contributed by atoms with Gasteiger partial charge in [0.1, 0.15) is 5.82 Å². The first-order valence-corrected chi connectivity index (χ1v) is 8.18. The molecule has 1 unspecified atom stereocenters. The molecule has 0 aliphatic heterocycles. The van der Waals surface area contributed by atoms with Crippen molar-refractivity contribution in [3.05, 3.63) is 36.4 Å². The molecule has 0 saturated carbocycles. The fourth-order valence-corrected chi connectivity index (χ4v) is 2.58. The zero-order valence-electron chi connectivity index (χ0n) is 15.6. The number of halogens is 3. The largest absolute Gasteiger partial charge is 0.493 e. The van der Waals surface area contributed by atoms with Crippen molar-refractivity contribution in [2.24, 2.45) is 17.8 Å². The van der Waals surface area contributed by atoms with E-state index in [2.05, 4.69) is 15.3 Å². The van der Waals surface area contributed by atoms with Gasteiger partial charge in [-0.1, -0.05) is 0 Å². The van der Waals surface area contributed by atoms with Crippen molar-refractivity contribution >= 4 is 11.6 Å². The van der Waals surface area contributed by atoms with E-state index < -0.39 is 24.0 Å². The van der Waals surface area contributed by atoms with Crippen molar-refractivity contribution in [3.8, 4) is 11.5 Å². The van der Waals surface area contributed by atoms with Crippen molar-refractivity contribution in [2.75, 3.05) is 26.1 Å². The molecule has 0 spiro atoms. The van der Waals surface area contributed by atoms with E-state index in [0.29, 0.717) is 17.2 Å². The number of hydrogen-bond donors (Lipinski definition) is 3. The second-order valence-corrected chi connectivity index (χ2v) is 5.93. The molecule has 0 bridgehead atoms. The smallest absolute Gasteiger partial charge is 0.424 e. The monoisotopic (exact) mass is 401 g/mol. The Kier molecular flexibility index (Phi) is 6.39. The molecular weight excluding hydrogens is 379 g/mol. The fraction of sp³-hybridized carbons (Fsp3) is 0.412. The minimum Gasteiger partial charge on any atom is -0.493 e. The van der Waals surface area contributed by atoms with Crippen molar-refractivity contribution < 1.29 is 27.8 Å². The standard InChI is InChI=1S/C17H22F3N5O3/c1-25-9-8-22-14(25)16(26,17(18,19)20)6-7-23-15(21)24-11-4-5-12(27-2)13(10-11)28-3/h4-5,8-10,26H,6-7H2,1-3H3,(H3,21,23,24). The molecule has 11 heteroatoms. The molecule has 1 aromatic carbocycles. The van der Waals surface area contributed by atoms with E-state index in [4.69, 9.17) is 15.2 Å². The maximum atomic E-state index is 13.4. The van der Waals surface area contributed by atoms with Crippen molar-refractivity contribution in [3.63, 3.8) is 0 Å². The van der Waals surface area contributed by atoms with Crippen LogP contribution < -0.4 is 20.5 Å². The normalized spacial score (nSPS) is 14.5. The molecule has 0 aliphatic carbocycles. The van der Waals surface area contributed by atoms with Gasteiger partial charge in [-0.05, 0) is 12.1 Å². The molecule has 4 N–H and O–H groups in total. The van der Waals surface area contributed by atoms with Crippen LogP contribution in [0.5, 0.6) is 11.5 Å². The summed E-state index contributed by atoms with van der Waals surface area (Å²) in [5.41, 5.74) is 3.11. The Bertz CT molecular complexity index is 838. The topological polar surface area (TPSA) is 107 Å². The van der Waals surface area contributed by atoms with E-state index in [0.717, 1.165) is 4.57 Å². The summed E-state index contributed by atoms with van der Waals surface area (Å²) in [5, 5.41) is 13.0. The number of aliphatic hydroxyl groups is 1. The van der Waals surface area contributed by atoms with Gasteiger partial charge in [0.15, 0.2) is 17.5 Å². The molecule has 0 radical (unpaired) electrons. The number of hydrogen-bond acceptors (Lipinski definition) is 5. The quantitative estimate of drug-likeness (QED) is 0.484. The number of imidazole rings is 1. The Morgan fingerprint density at radius 1 is 1.29 bits per heavy atom. The summed E-state index contributed by atoms with van der Waals surface area (Å²) in [6.07, 6.45) is -3.16. The first-order chi connectivity index (χ1) is 13.1. The Morgan fingerprint density at radius 2 is 1.96 bits per heavy atom. The van der Waals surface area contributed by atoms with E-state index in [1.54, 1.807) is 18.2 Å². The molecule has 1 atom stereocenters. The fourth-order valence-electron chi connectivity index (χ4n) is 2.58. The second-order valence-electron chi connectivity index (χ2n) is 5.93. The summed E-state index contributed by atoms with van der Waals surface area (Å²) >= 11 is 0. The molecule has 0 amide bonds. The van der Waals surface area contributed by atoms with Gasteiger partial charge in [-0.15, -0.1) is 0 Å². The summed E-state index contributed by atoms with van der Waals surface area (Å²) < 4.78 is 51.7. The summed E-state index contributed by atoms with van der Waals surface area (Å²) in [7, 11) is 4.33. The lowest BCUT2D eigenvalue weighted by Crippen LogP contribution is -2.45. The lowest BCUT2D eigenvalue weighted by atomic mass is 9.98. The van der Waals surface area contributed by atoms with E-state index in [1.165, 1.54) is 33.7 Å². The number of aromatic nitrogens is 2. The molecule has 0 saturated heterocycles. The summed E-state index contributed by atoms with van der Waals surface area (Å²) in [4.78, 5) is 7.50. The Balaban J connectivity index is 2.11. The van der Waals surface area contributed by atoms with Gasteiger partial charge in [-0.3, -0.25) is 4.99 Å². The molecule has 154 valence electrons. The number of nitrogens with one attached hydrogen (secondary N) is 1. The predicted octanol–water partition coefficient (Wildman–Crippen LogP) is 2.00. The molecule has 2 aromatic rings. The van der Waals surface area contributed by atoms with Crippen molar-refractivity contribution in [1.82, 2.24) is 9.55 Å². The minimum atomic E-state index is -4.92. The third kappa shape index (κ3) is 4.47. The van der Waals surface area contributed by atoms with Gasteiger partial charge in [0.2, 0.25) is 5.60 Å². The van der Waals surface area contributed by atoms with Crippen LogP contribution in [0.1, 0.15) is 12.2 Å². The van der Waals surface area contributed by atoms with Crippen LogP contribution in [-0.4, -0.2) is 47.6 Å². The molecule has 0 aliphatic rings. The summed E-state index contributed by atoms with van der Waals surface area (Å²) in [6.45, 7) is -0.380. The third-order valence-corrected chi connectivity index (χ3v) is 4.07. The number of guanidine groups is 1. The SMILES string of the molecule is COc1ccc(NC(N)=NCCC(O)(c2nccn2C)C(F)(F)F)cc1OC. The Labute approximate surface area is 159 Å². The van der Waals surface area contributed by atoms with Crippen LogP contribution in [0.3, 0.4) is 0 Å². The number of benzene rings is 1. The average Bonchev–Trinajstić information content (AvgIpc) is 3.06. The number of anilines is 1. The number of nitrogens with two attached hydrogens (primary N) is 1. The average molecular weight is 401 g/mol. The lowest BCUT2D eigenvalue weighted by molar-refractivity contribution is -0.272. The number of alkyl halides is 3. The molecule has 2 rings (SSSR count). The van der Waals surface area contributed by atoms with Crippen LogP contribution in [0, 0.1) is 0 Å². The first-order valence-electron chi connectivity index (χ1n) is 8.18. The highest BCUT2D eigenvalue weighted by Gasteiger charge is 2.57. The zero-order valence-corrected chi connectivity index (χ0v) is 15.6. The van der Waals surface area contributed by atoms with Gasteiger partial charge in [0, 0.05) is 44.2 Å². The van der Waals surface area contributed by atoms with Crippen LogP contribution >= 0.6 is 0 Å². The number of rotatable bonds is 7. The van der Waals surface area contributed by atoms with Crippen LogP contribution in [0.15, 0.2) is 35.6 Å². The molecule has 1 aromatic heterocycles. The highest BCUT2D eigenvalue weighted by molar-refractivity contribution is 5.92. The molecular formula is C17H22F3N5O3. The third-order valence-electron chi connectivity index (χ3n) is 4.07. The van der Waals surface area contributed by atoms with Crippen LogP contribution in [0.25, 0.3) is 0 Å². The number of aliphatic imine (C=N–C) groups is 1. The number of aryl methyl sites for hydroxylation is 1. The predicted molar refractivity (Wildman–Crippen MR) is 97.4 cm³/mol. The van der Waals surface area contributed by atoms with E-state index >= 15 is 0 Å². The second kappa shape index (κ2) is 8.38. The van der Waals surface area contributed by atoms with Crippen molar-refractivity contribution in [1.29, 1.82) is 0 Å². The summed E-state index contributed by atoms with van der Waals surface area (Å²) in [5.74, 6) is 0.327. The highest BCUT2D eigenvalue weighted by Crippen LogP contribution is 2.40. The maximum Gasteiger partial charge on any atom is 0.424 e. The van der Waals surface area contributed by atoms with Crippen LogP contribution in [0.4, 0.5) is 18.9 Å². The van der Waals surface area contributed by atoms with Crippen molar-refractivity contribution in [2.45, 2.75) is 18.2 Å². The molecule has 0 fully saturated rings.